The highest BCUT2D eigenvalue weighted by atomic mass is 35.5. The Morgan fingerprint density at radius 3 is 2.23 bits per heavy atom. The van der Waals surface area contributed by atoms with E-state index in [4.69, 9.17) is 16.3 Å². The van der Waals surface area contributed by atoms with Crippen molar-refractivity contribution >= 4 is 42.0 Å². The van der Waals surface area contributed by atoms with E-state index < -0.39 is 32.3 Å². The van der Waals surface area contributed by atoms with Crippen LogP contribution in [0.4, 0.5) is 0 Å². The lowest BCUT2D eigenvalue weighted by molar-refractivity contribution is -0.202. The summed E-state index contributed by atoms with van der Waals surface area (Å²) in [4.78, 5) is 38.4. The average molecular weight is 593 g/mol. The number of esters is 1. The van der Waals surface area contributed by atoms with Crippen LogP contribution in [0.3, 0.4) is 0 Å². The highest BCUT2D eigenvalue weighted by Gasteiger charge is 2.77. The summed E-state index contributed by atoms with van der Waals surface area (Å²) < 4.78 is 5.99. The number of ether oxygens (including phenoxy) is 1. The van der Waals surface area contributed by atoms with Gasteiger partial charge in [0.05, 0.1) is 10.7 Å². The van der Waals surface area contributed by atoms with E-state index in [0.717, 1.165) is 37.7 Å². The normalized spacial score (nSPS) is 50.3. The Morgan fingerprint density at radius 2 is 1.62 bits per heavy atom. The van der Waals surface area contributed by atoms with E-state index in [1.54, 1.807) is 6.92 Å². The van der Waals surface area contributed by atoms with Crippen LogP contribution in [-0.4, -0.2) is 39.1 Å². The first kappa shape index (κ1) is 30.4. The van der Waals surface area contributed by atoms with Gasteiger partial charge in [-0.2, -0.15) is 12.6 Å². The SMILES string of the molecule is CC(S)C(=O)OC1CCC2(C)C(CCC3(C)C4(C)CCC5(C)CCC(C)(C(=O)O)CC5C4=CC(=O)C23Cl)C1(C)C. The molecule has 0 bridgehead atoms. The van der Waals surface area contributed by atoms with E-state index in [0.29, 0.717) is 25.7 Å². The molecule has 5 nitrogen and oxygen atoms in total. The fraction of sp³-hybridized carbons (Fsp3) is 0.848. The smallest absolute Gasteiger partial charge is 0.318 e. The summed E-state index contributed by atoms with van der Waals surface area (Å²) in [6.45, 7) is 17.1. The molecule has 0 amide bonds. The van der Waals surface area contributed by atoms with Gasteiger partial charge < -0.3 is 9.84 Å². The van der Waals surface area contributed by atoms with Gasteiger partial charge >= 0.3 is 11.9 Å². The zero-order valence-corrected chi connectivity index (χ0v) is 27.3. The standard InChI is InChI=1S/C33H49ClO5S/c1-19(40)25(36)39-24-10-11-31(7)22(27(24,2)3)9-12-32(8)30(6)16-15-28(4)13-14-29(5,26(37)38)18-21(28)20(30)17-23(35)33(31,32)34/h17,19,21-22,24,40H,9-16,18H2,1-8H3,(H,37,38). The Hall–Kier alpha value is -1.01. The van der Waals surface area contributed by atoms with Crippen molar-refractivity contribution < 1.29 is 24.2 Å². The fourth-order valence-corrected chi connectivity index (χ4v) is 11.3. The van der Waals surface area contributed by atoms with Crippen LogP contribution in [0.15, 0.2) is 11.6 Å². The molecule has 0 aromatic heterocycles. The van der Waals surface area contributed by atoms with Crippen molar-refractivity contribution in [2.24, 2.45) is 44.3 Å². The number of halogens is 1. The van der Waals surface area contributed by atoms with Crippen molar-refractivity contribution in [1.29, 1.82) is 0 Å². The second-order valence-electron chi connectivity index (χ2n) is 16.0. The number of hydrogen-bond acceptors (Lipinski definition) is 5. The number of allylic oxidation sites excluding steroid dienone is 2. The Labute approximate surface area is 251 Å². The van der Waals surface area contributed by atoms with Crippen molar-refractivity contribution in [3.63, 3.8) is 0 Å². The summed E-state index contributed by atoms with van der Waals surface area (Å²) in [6.07, 6.45) is 8.82. The van der Waals surface area contributed by atoms with Crippen molar-refractivity contribution in [3.8, 4) is 0 Å². The van der Waals surface area contributed by atoms with Crippen LogP contribution < -0.4 is 0 Å². The zero-order chi connectivity index (χ0) is 29.9. The van der Waals surface area contributed by atoms with Gasteiger partial charge in [0.2, 0.25) is 0 Å². The van der Waals surface area contributed by atoms with Crippen molar-refractivity contribution in [3.05, 3.63) is 11.6 Å². The summed E-state index contributed by atoms with van der Waals surface area (Å²) >= 11 is 12.2. The molecule has 224 valence electrons. The molecule has 40 heavy (non-hydrogen) atoms. The van der Waals surface area contributed by atoms with E-state index in [2.05, 4.69) is 54.2 Å². The van der Waals surface area contributed by atoms with E-state index >= 15 is 0 Å². The van der Waals surface area contributed by atoms with E-state index in [9.17, 15) is 19.5 Å². The Bertz CT molecular complexity index is 1180. The predicted molar refractivity (Wildman–Crippen MR) is 160 cm³/mol. The summed E-state index contributed by atoms with van der Waals surface area (Å²) in [5.41, 5.74) is -1.24. The molecule has 4 saturated carbocycles. The number of carboxylic acid groups (broad SMARTS) is 1. The third kappa shape index (κ3) is 3.62. The minimum absolute atomic E-state index is 0.00146. The van der Waals surface area contributed by atoms with Crippen LogP contribution >= 0.6 is 24.2 Å². The number of aliphatic carboxylic acids is 1. The molecular formula is C33H49ClO5S. The number of thiol groups is 1. The Balaban J connectivity index is 1.59. The molecule has 5 aliphatic carbocycles. The minimum Gasteiger partial charge on any atom is -0.481 e. The molecule has 10 atom stereocenters. The average Bonchev–Trinajstić information content (AvgIpc) is 2.86. The molecule has 10 unspecified atom stereocenters. The number of rotatable bonds is 3. The number of fused-ring (bicyclic) bond motifs is 7. The number of carbonyl (C=O) groups is 3. The second kappa shape index (κ2) is 9.00. The maximum atomic E-state index is 14.6. The van der Waals surface area contributed by atoms with Gasteiger partial charge in [0, 0.05) is 10.8 Å². The molecule has 0 aromatic rings. The maximum Gasteiger partial charge on any atom is 0.318 e. The monoisotopic (exact) mass is 592 g/mol. The lowest BCUT2D eigenvalue weighted by Gasteiger charge is -2.73. The molecular weight excluding hydrogens is 544 g/mol. The van der Waals surface area contributed by atoms with Crippen LogP contribution in [0.25, 0.3) is 0 Å². The van der Waals surface area contributed by atoms with Crippen molar-refractivity contribution in [1.82, 2.24) is 0 Å². The van der Waals surface area contributed by atoms with Crippen LogP contribution in [0, 0.1) is 44.3 Å². The van der Waals surface area contributed by atoms with Crippen molar-refractivity contribution in [2.45, 2.75) is 129 Å². The molecule has 5 rings (SSSR count). The van der Waals surface area contributed by atoms with Crippen LogP contribution in [0.2, 0.25) is 0 Å². The first-order valence-electron chi connectivity index (χ1n) is 15.3. The molecule has 0 aliphatic heterocycles. The van der Waals surface area contributed by atoms with E-state index in [1.165, 1.54) is 0 Å². The quantitative estimate of drug-likeness (QED) is 0.200. The van der Waals surface area contributed by atoms with Crippen LogP contribution in [-0.2, 0) is 19.1 Å². The highest BCUT2D eigenvalue weighted by molar-refractivity contribution is 7.81. The van der Waals surface area contributed by atoms with Gasteiger partial charge in [0.15, 0.2) is 5.78 Å². The third-order valence-corrected chi connectivity index (χ3v) is 15.1. The molecule has 0 heterocycles. The van der Waals surface area contributed by atoms with Crippen molar-refractivity contribution in [2.75, 3.05) is 0 Å². The Morgan fingerprint density at radius 1 is 1.00 bits per heavy atom. The minimum atomic E-state index is -1.09. The van der Waals surface area contributed by atoms with Gasteiger partial charge in [-0.25, -0.2) is 0 Å². The molecule has 0 aromatic carbocycles. The lowest BCUT2D eigenvalue weighted by atomic mass is 9.33. The van der Waals surface area contributed by atoms with Gasteiger partial charge in [-0.05, 0) is 106 Å². The van der Waals surface area contributed by atoms with Crippen LogP contribution in [0.1, 0.15) is 113 Å². The second-order valence-corrected chi connectivity index (χ2v) is 17.4. The molecule has 0 radical (unpaired) electrons. The predicted octanol–water partition coefficient (Wildman–Crippen LogP) is 7.64. The number of carbonyl (C=O) groups excluding carboxylic acids is 2. The highest BCUT2D eigenvalue weighted by Crippen LogP contribution is 2.78. The zero-order valence-electron chi connectivity index (χ0n) is 25.7. The van der Waals surface area contributed by atoms with E-state index in [1.807, 2.05) is 13.0 Å². The summed E-state index contributed by atoms with van der Waals surface area (Å²) in [5.74, 6) is -0.871. The maximum absolute atomic E-state index is 14.6. The number of alkyl halides is 1. The summed E-state index contributed by atoms with van der Waals surface area (Å²) in [6, 6.07) is 0. The number of carboxylic acids is 1. The first-order valence-corrected chi connectivity index (χ1v) is 16.2. The van der Waals surface area contributed by atoms with E-state index in [-0.39, 0.29) is 45.9 Å². The van der Waals surface area contributed by atoms with Gasteiger partial charge in [-0.15, -0.1) is 11.6 Å². The molecule has 0 saturated heterocycles. The van der Waals surface area contributed by atoms with Gasteiger partial charge in [-0.1, -0.05) is 47.1 Å². The topological polar surface area (TPSA) is 80.7 Å². The third-order valence-electron chi connectivity index (χ3n) is 13.8. The molecule has 5 aliphatic rings. The molecule has 1 N–H and O–H groups in total. The lowest BCUT2D eigenvalue weighted by Crippen LogP contribution is -2.74. The molecule has 7 heteroatoms. The van der Waals surface area contributed by atoms with Gasteiger partial charge in [-0.3, -0.25) is 14.4 Å². The molecule has 4 fully saturated rings. The van der Waals surface area contributed by atoms with Crippen LogP contribution in [0.5, 0.6) is 0 Å². The first-order chi connectivity index (χ1) is 18.2. The Kier molecular flexibility index (Phi) is 6.85. The number of hydrogen-bond donors (Lipinski definition) is 2. The largest absolute Gasteiger partial charge is 0.481 e. The summed E-state index contributed by atoms with van der Waals surface area (Å²) in [5, 5.41) is 9.65. The number of ketones is 1. The fourth-order valence-electron chi connectivity index (χ4n) is 10.7. The molecule has 0 spiro atoms. The van der Waals surface area contributed by atoms with Gasteiger partial charge in [0.1, 0.15) is 11.0 Å². The summed E-state index contributed by atoms with van der Waals surface area (Å²) in [7, 11) is 0. The van der Waals surface area contributed by atoms with Gasteiger partial charge in [0.25, 0.3) is 0 Å².